The molecule has 0 atom stereocenters. The molecule has 0 saturated carbocycles. The van der Waals surface area contributed by atoms with E-state index in [4.69, 9.17) is 36.1 Å². The molecule has 0 unspecified atom stereocenters. The second-order valence-corrected chi connectivity index (χ2v) is 16.2. The minimum absolute atomic E-state index is 0. The average Bonchev–Trinajstić information content (AvgIpc) is 1.08. The smallest absolute Gasteiger partial charge is 0.115 e. The number of nitrogens with one attached hydrogen (secondary N) is 1. The molecule has 129 heavy (non-hydrogen) atoms. The molecule has 0 amide bonds. The molecule has 690 valence electrons. The number of hydrogen-bond acceptors (Lipinski definition) is 15. The van der Waals surface area contributed by atoms with Gasteiger partial charge in [-0.25, -0.2) is 22.1 Å². The molecule has 0 bridgehead atoms. The molecular formula is C104H149N19Y6-12. The molecule has 6 aromatic carbocycles. The summed E-state index contributed by atoms with van der Waals surface area (Å²) in [6.07, 6.45) is 38.2. The van der Waals surface area contributed by atoms with Gasteiger partial charge >= 0.3 is 0 Å². The summed E-state index contributed by atoms with van der Waals surface area (Å²) in [5, 5.41) is 38.9. The van der Waals surface area contributed by atoms with Crippen molar-refractivity contribution in [1.82, 2.24) is 70.5 Å². The summed E-state index contributed by atoms with van der Waals surface area (Å²) < 4.78 is 0. The van der Waals surface area contributed by atoms with E-state index in [1.807, 2.05) is 352 Å². The third-order valence-corrected chi connectivity index (χ3v) is 9.64. The number of H-pyrrole nitrogens is 1. The Labute approximate surface area is 936 Å². The van der Waals surface area contributed by atoms with Crippen LogP contribution in [0.15, 0.2) is 346 Å². The third-order valence-electron chi connectivity index (χ3n) is 9.64. The van der Waals surface area contributed by atoms with Gasteiger partial charge in [-0.2, -0.15) is 74.3 Å². The van der Waals surface area contributed by atoms with Crippen molar-refractivity contribution in [3.63, 3.8) is 0 Å². The quantitative estimate of drug-likeness (QED) is 0.0702. The number of aromatic amines is 1. The van der Waals surface area contributed by atoms with Crippen LogP contribution in [-0.2, 0) is 196 Å². The predicted molar refractivity (Wildman–Crippen MR) is 541 cm³/mol. The van der Waals surface area contributed by atoms with E-state index >= 15 is 0 Å². The second-order valence-electron chi connectivity index (χ2n) is 16.2. The molecule has 8 heterocycles. The van der Waals surface area contributed by atoms with Crippen LogP contribution >= 0.6 is 0 Å². The van der Waals surface area contributed by atoms with Crippen molar-refractivity contribution in [1.29, 1.82) is 0 Å². The summed E-state index contributed by atoms with van der Waals surface area (Å²) in [4.78, 5) is 37.9. The van der Waals surface area contributed by atoms with E-state index in [0.29, 0.717) is 11.3 Å². The Kier molecular flexibility index (Phi) is 246. The topological polar surface area (TPSA) is 275 Å². The monoisotopic (exact) mass is 2200 g/mol. The Morgan fingerprint density at radius 3 is 0.884 bits per heavy atom. The number of benzene rings is 6. The number of pyridine rings is 3. The van der Waals surface area contributed by atoms with Crippen LogP contribution in [-0.4, -0.2) is 89.6 Å². The fourth-order valence-corrected chi connectivity index (χ4v) is 5.64. The number of fused-ring (bicyclic) bond motifs is 3. The molecule has 0 aliphatic carbocycles. The minimum atomic E-state index is 0. The van der Waals surface area contributed by atoms with Gasteiger partial charge in [0, 0.05) is 295 Å². The average molecular weight is 2200 g/mol. The summed E-state index contributed by atoms with van der Waals surface area (Å²) in [6, 6.07) is 71.4. The summed E-state index contributed by atoms with van der Waals surface area (Å²) in [5.74, 6) is 0. The number of aliphatic imine (C=N–C) groups is 1. The third kappa shape index (κ3) is 144. The maximum atomic E-state index is 8.38. The Morgan fingerprint density at radius 1 is 0.302 bits per heavy atom. The van der Waals surface area contributed by atoms with Crippen LogP contribution in [0.25, 0.3) is 55.1 Å². The van der Waals surface area contributed by atoms with Crippen molar-refractivity contribution in [3.05, 3.63) is 415 Å². The van der Waals surface area contributed by atoms with Gasteiger partial charge in [-0.05, 0) is 71.4 Å². The summed E-state index contributed by atoms with van der Waals surface area (Å²) in [5.41, 5.74) is 13.2. The van der Waals surface area contributed by atoms with Crippen LogP contribution in [0.2, 0.25) is 0 Å². The van der Waals surface area contributed by atoms with Crippen LogP contribution in [0.1, 0.15) is 205 Å². The first-order chi connectivity index (χ1) is 60.9. The van der Waals surface area contributed by atoms with Crippen LogP contribution in [0.4, 0.5) is 5.69 Å². The molecule has 25 heteroatoms. The van der Waals surface area contributed by atoms with Crippen molar-refractivity contribution in [2.45, 2.75) is 194 Å². The fourth-order valence-electron chi connectivity index (χ4n) is 5.64. The normalized spacial score (nSPS) is 6.82. The molecule has 0 fully saturated rings. The molecule has 14 aromatic rings. The van der Waals surface area contributed by atoms with E-state index in [2.05, 4.69) is 143 Å². The predicted octanol–water partition coefficient (Wildman–Crippen LogP) is 30.4. The maximum Gasteiger partial charge on any atom is 0.115 e. The van der Waals surface area contributed by atoms with Gasteiger partial charge < -0.3 is 89.0 Å². The van der Waals surface area contributed by atoms with Crippen molar-refractivity contribution in [2.24, 2.45) is 10.1 Å². The van der Waals surface area contributed by atoms with E-state index in [0.717, 1.165) is 46.8 Å². The fraction of sp³-hybridized carbons (Fsp3) is 0.269. The molecule has 6 radical (unpaired) electrons. The minimum Gasteiger partial charge on any atom is -0.911 e. The zero-order valence-corrected chi connectivity index (χ0v) is 100.0. The summed E-state index contributed by atoms with van der Waals surface area (Å²) in [7, 11) is 0. The first-order valence-corrected chi connectivity index (χ1v) is 41.8. The van der Waals surface area contributed by atoms with Crippen LogP contribution in [0, 0.1) is 51.1 Å². The van der Waals surface area contributed by atoms with Gasteiger partial charge in [0.15, 0.2) is 0 Å². The number of hydrogen-bond donors (Lipinski definition) is 1. The van der Waals surface area contributed by atoms with Crippen molar-refractivity contribution in [3.8, 4) is 0 Å². The standard InChI is InChI=1S/2C9H7N.C8H6N2.C8H6.C7H5N.C6H4N2.C5H5N.3C4H4N2.C4H4.2C3H3N.C2H3N3.14C2H6.6Y/c1-2-6-9-8(4-1)5-3-7-10-9;1-2-4-9-7-10-6-5-8(9)3-1;1-2-4-8-7(3-1)9-5-6-10-8;1-2-8-6-4-3-5-7-8;8-6-7-4-2-1-3-5-7;7-8-6-4-2-1-3-5-6;1-2-4-6-5-3-1;1-2-6-4-3-5-1;1-2-5-4-6-3-1;1-2-4-6-5-3-1;2*1-3-4-2;1-2-3-4;1-2-4-5-3-1;14*1-2;;;;;;/h2*1-7H;1-6H;1-6H;1-4,6H;1-4H;1-5H;3*1-4H;1-4H;2*1-3H;1-2H,(H,3,4,5);14*1-2H3;;;;;;/q;;;3*-2;;;;;3*-2;;;;;;;;;;;;;;;;;;;;;. The largest absolute Gasteiger partial charge is 0.911 e. The SMILES string of the molecule is CC.CC.CC.CC.CC.CC.CC.CC.CC.CC.CC.CC.CC.CC.[CH-]=CC=[CH-].[CH-]=CC=[N-].[CH-]=CN=[CH-].[CH-]=Cc1[c-]cccc1.[N-]=Cc1[c-]cccc1.[N-]=Nc1[c-]cccc1.[Y].[Y].[Y].[Y].[Y].[Y].c1ccc2cnccc2c1.c1ccc2ncccc2c1.c1ccc2nccnc2c1.c1ccncc1.c1ccnnc1.c1cn[nH]n1.c1cnccn1.c1cncnc1. The van der Waals surface area contributed by atoms with Gasteiger partial charge in [0.1, 0.15) is 6.33 Å². The molecule has 0 spiro atoms. The number of rotatable bonds is 6. The number of para-hydroxylation sites is 3. The Hall–Kier alpha value is -7.06. The van der Waals surface area contributed by atoms with Gasteiger partial charge in [0.05, 0.1) is 28.9 Å². The molecule has 0 aliphatic rings. The van der Waals surface area contributed by atoms with Crippen LogP contribution in [0.3, 0.4) is 0 Å². The molecule has 8 aromatic heterocycles. The summed E-state index contributed by atoms with van der Waals surface area (Å²) >= 11 is 0. The first-order valence-electron chi connectivity index (χ1n) is 41.8. The van der Waals surface area contributed by atoms with E-state index in [9.17, 15) is 0 Å². The van der Waals surface area contributed by atoms with Crippen molar-refractivity contribution in [2.75, 3.05) is 0 Å². The maximum absolute atomic E-state index is 8.38. The molecular weight excluding hydrogens is 2050 g/mol. The van der Waals surface area contributed by atoms with E-state index < -0.39 is 0 Å². The second kappa shape index (κ2) is 185. The molecule has 19 nitrogen and oxygen atoms in total. The number of aromatic nitrogens is 14. The van der Waals surface area contributed by atoms with E-state index in [1.54, 1.807) is 123 Å². The molecule has 0 aliphatic heterocycles. The van der Waals surface area contributed by atoms with Gasteiger partial charge in [-0.1, -0.05) is 266 Å². The van der Waals surface area contributed by atoms with Gasteiger partial charge in [0.2, 0.25) is 0 Å². The molecule has 14 rings (SSSR count). The van der Waals surface area contributed by atoms with Gasteiger partial charge in [-0.15, -0.1) is 42.5 Å². The Balaban J connectivity index is -0.0000000541. The molecule has 0 saturated heterocycles. The Morgan fingerprint density at radius 2 is 0.643 bits per heavy atom. The van der Waals surface area contributed by atoms with E-state index in [-0.39, 0.29) is 196 Å². The van der Waals surface area contributed by atoms with Crippen LogP contribution in [0.5, 0.6) is 0 Å². The summed E-state index contributed by atoms with van der Waals surface area (Å²) in [6.45, 7) is 84.3. The number of nitrogens with zero attached hydrogens (tertiary/aromatic N) is 18. The van der Waals surface area contributed by atoms with Gasteiger partial charge in [0.25, 0.3) is 0 Å². The van der Waals surface area contributed by atoms with Gasteiger partial charge in [-0.3, -0.25) is 53.8 Å². The Bertz CT molecular complexity index is 3310. The zero-order valence-electron chi connectivity index (χ0n) is 83.0. The van der Waals surface area contributed by atoms with Crippen LogP contribution < -0.4 is 0 Å². The zero-order chi connectivity index (χ0) is 96.6. The number of allylic oxidation sites excluding steroid dienone is 3. The van der Waals surface area contributed by atoms with Crippen molar-refractivity contribution >= 4 is 63.6 Å². The first kappa shape index (κ1) is 172. The van der Waals surface area contributed by atoms with Crippen molar-refractivity contribution < 1.29 is 196 Å². The van der Waals surface area contributed by atoms with E-state index in [1.165, 1.54) is 40.7 Å². The molecule has 1 N–H and O–H groups in total.